The molecule has 0 N–H and O–H groups in total. The van der Waals surface area contributed by atoms with E-state index in [-0.39, 0.29) is 17.3 Å². The molecule has 0 bridgehead atoms. The van der Waals surface area contributed by atoms with Crippen LogP contribution in [-0.4, -0.2) is 29.1 Å². The van der Waals surface area contributed by atoms with Crippen LogP contribution in [0, 0.1) is 0 Å². The molecule has 0 saturated heterocycles. The lowest BCUT2D eigenvalue weighted by Gasteiger charge is -2.21. The summed E-state index contributed by atoms with van der Waals surface area (Å²) in [5, 5.41) is -0.0843. The molecule has 2 unspecified atom stereocenters. The lowest BCUT2D eigenvalue weighted by Crippen LogP contribution is -2.36. The lowest BCUT2D eigenvalue weighted by atomic mass is 10.1. The van der Waals surface area contributed by atoms with Gasteiger partial charge in [-0.25, -0.2) is 17.6 Å². The predicted molar refractivity (Wildman–Crippen MR) is 57.4 cm³/mol. The summed E-state index contributed by atoms with van der Waals surface area (Å²) in [7, 11) is 0. The number of halogens is 4. The van der Waals surface area contributed by atoms with Crippen molar-refractivity contribution >= 4 is 16.9 Å². The third-order valence-electron chi connectivity index (χ3n) is 2.01. The molecule has 0 aromatic heterocycles. The van der Waals surface area contributed by atoms with Gasteiger partial charge >= 0.3 is 0 Å². The highest BCUT2D eigenvalue weighted by atomic mass is 32.2. The molecule has 1 nitrogen and oxygen atoms in total. The summed E-state index contributed by atoms with van der Waals surface area (Å²) in [5.74, 6) is -3.43. The van der Waals surface area contributed by atoms with E-state index in [0.717, 1.165) is 18.7 Å². The van der Waals surface area contributed by atoms with Crippen LogP contribution in [0.1, 0.15) is 33.1 Å². The van der Waals surface area contributed by atoms with Crippen molar-refractivity contribution in [1.29, 1.82) is 0 Å². The number of alkyl halides is 4. The topological polar surface area (TPSA) is 17.1 Å². The quantitative estimate of drug-likeness (QED) is 0.512. The molecule has 0 radical (unpaired) electrons. The van der Waals surface area contributed by atoms with E-state index in [0.29, 0.717) is 6.42 Å². The second kappa shape index (κ2) is 7.14. The molecule has 0 aliphatic rings. The minimum absolute atomic E-state index is 0.00343. The van der Waals surface area contributed by atoms with Gasteiger partial charge in [0.05, 0.1) is 0 Å². The van der Waals surface area contributed by atoms with Gasteiger partial charge in [0, 0.05) is 18.6 Å². The summed E-state index contributed by atoms with van der Waals surface area (Å²) in [5.41, 5.74) is 0. The molecule has 2 atom stereocenters. The van der Waals surface area contributed by atoms with Gasteiger partial charge in [-0.05, 0) is 13.3 Å². The Morgan fingerprint density at radius 2 is 1.94 bits per heavy atom. The Hall–Kier alpha value is -0.260. The highest BCUT2D eigenvalue weighted by Gasteiger charge is 2.42. The normalized spacial score (nSPS) is 15.9. The largest absolute Gasteiger partial charge is 0.287 e. The smallest absolute Gasteiger partial charge is 0.281 e. The molecule has 0 rings (SSSR count). The third-order valence-corrected chi connectivity index (χ3v) is 3.12. The van der Waals surface area contributed by atoms with Crippen LogP contribution in [0.25, 0.3) is 0 Å². The van der Waals surface area contributed by atoms with Crippen molar-refractivity contribution in [3.8, 4) is 0 Å². The number of carbonyl (C=O) groups is 1. The first-order valence-electron chi connectivity index (χ1n) is 5.12. The summed E-state index contributed by atoms with van der Waals surface area (Å²) in [6, 6.07) is 0. The average Bonchev–Trinajstić information content (AvgIpc) is 2.22. The van der Waals surface area contributed by atoms with Crippen LogP contribution in [0.2, 0.25) is 0 Å². The molecule has 0 aromatic rings. The van der Waals surface area contributed by atoms with Crippen molar-refractivity contribution in [2.45, 2.75) is 51.4 Å². The predicted octanol–water partition coefficient (Wildman–Crippen LogP) is 3.77. The third kappa shape index (κ3) is 5.72. The summed E-state index contributed by atoms with van der Waals surface area (Å²) in [6.07, 6.45) is -5.34. The fourth-order valence-electron chi connectivity index (χ4n) is 1.07. The van der Waals surface area contributed by atoms with Crippen molar-refractivity contribution in [2.75, 3.05) is 5.75 Å². The molecule has 0 heterocycles. The summed E-state index contributed by atoms with van der Waals surface area (Å²) in [4.78, 5) is 10.8. The van der Waals surface area contributed by atoms with E-state index in [1.807, 2.05) is 0 Å². The van der Waals surface area contributed by atoms with Crippen LogP contribution in [0.5, 0.6) is 0 Å². The second-order valence-electron chi connectivity index (χ2n) is 3.52. The Kier molecular flexibility index (Phi) is 7.03. The SMILES string of the molecule is CCC(=O)SCCCC(F)(F)C(F)C(C)F. The number of hydrogen-bond acceptors (Lipinski definition) is 2. The van der Waals surface area contributed by atoms with Gasteiger partial charge in [0.1, 0.15) is 6.17 Å². The van der Waals surface area contributed by atoms with Gasteiger partial charge in [0.25, 0.3) is 5.92 Å². The molecule has 96 valence electrons. The zero-order chi connectivity index (χ0) is 12.8. The Morgan fingerprint density at radius 1 is 1.38 bits per heavy atom. The maximum Gasteiger partial charge on any atom is 0.281 e. The van der Waals surface area contributed by atoms with Crippen molar-refractivity contribution < 1.29 is 22.4 Å². The van der Waals surface area contributed by atoms with Crippen molar-refractivity contribution in [3.05, 3.63) is 0 Å². The monoisotopic (exact) mass is 260 g/mol. The van der Waals surface area contributed by atoms with E-state index >= 15 is 0 Å². The zero-order valence-corrected chi connectivity index (χ0v) is 10.1. The van der Waals surface area contributed by atoms with Crippen LogP contribution in [-0.2, 0) is 4.79 Å². The number of thioether (sulfide) groups is 1. The summed E-state index contributed by atoms with van der Waals surface area (Å²) < 4.78 is 51.1. The Balaban J connectivity index is 3.86. The minimum atomic E-state index is -3.65. The first kappa shape index (κ1) is 15.7. The van der Waals surface area contributed by atoms with E-state index in [1.165, 1.54) is 0 Å². The fraction of sp³-hybridized carbons (Fsp3) is 0.900. The molecular formula is C10H16F4OS. The van der Waals surface area contributed by atoms with Crippen LogP contribution in [0.3, 0.4) is 0 Å². The Bertz CT molecular complexity index is 221. The Morgan fingerprint density at radius 3 is 2.38 bits per heavy atom. The van der Waals surface area contributed by atoms with Gasteiger partial charge in [-0.2, -0.15) is 0 Å². The van der Waals surface area contributed by atoms with Crippen molar-refractivity contribution in [2.24, 2.45) is 0 Å². The lowest BCUT2D eigenvalue weighted by molar-refractivity contribution is -0.110. The summed E-state index contributed by atoms with van der Waals surface area (Å²) >= 11 is 0.949. The Labute approximate surface area is 97.0 Å². The van der Waals surface area contributed by atoms with Gasteiger partial charge < -0.3 is 0 Å². The van der Waals surface area contributed by atoms with Crippen LogP contribution in [0.4, 0.5) is 17.6 Å². The standard InChI is InChI=1S/C10H16F4OS/c1-3-8(15)16-6-4-5-10(13,14)9(12)7(2)11/h7,9H,3-6H2,1-2H3. The molecule has 6 heteroatoms. The van der Waals surface area contributed by atoms with Gasteiger partial charge in [0.2, 0.25) is 0 Å². The molecule has 0 fully saturated rings. The molecular weight excluding hydrogens is 244 g/mol. The molecule has 0 aliphatic heterocycles. The molecule has 0 amide bonds. The first-order chi connectivity index (χ1) is 7.31. The van der Waals surface area contributed by atoms with E-state index in [4.69, 9.17) is 0 Å². The average molecular weight is 260 g/mol. The second-order valence-corrected chi connectivity index (χ2v) is 4.67. The highest BCUT2D eigenvalue weighted by molar-refractivity contribution is 8.13. The van der Waals surface area contributed by atoms with Gasteiger partial charge in [0.15, 0.2) is 11.3 Å². The molecule has 0 aromatic carbocycles. The van der Waals surface area contributed by atoms with Gasteiger partial charge in [-0.15, -0.1) is 0 Å². The molecule has 0 saturated carbocycles. The van der Waals surface area contributed by atoms with Gasteiger partial charge in [-0.3, -0.25) is 4.79 Å². The maximum atomic E-state index is 13.0. The number of rotatable bonds is 7. The van der Waals surface area contributed by atoms with E-state index in [2.05, 4.69) is 0 Å². The van der Waals surface area contributed by atoms with E-state index < -0.39 is 24.7 Å². The van der Waals surface area contributed by atoms with E-state index in [9.17, 15) is 22.4 Å². The number of carbonyl (C=O) groups excluding carboxylic acids is 1. The minimum Gasteiger partial charge on any atom is -0.287 e. The molecule has 0 spiro atoms. The van der Waals surface area contributed by atoms with Gasteiger partial charge in [-0.1, -0.05) is 18.7 Å². The molecule has 16 heavy (non-hydrogen) atoms. The van der Waals surface area contributed by atoms with Crippen LogP contribution < -0.4 is 0 Å². The first-order valence-corrected chi connectivity index (χ1v) is 6.11. The van der Waals surface area contributed by atoms with Crippen LogP contribution >= 0.6 is 11.8 Å². The highest BCUT2D eigenvalue weighted by Crippen LogP contribution is 2.30. The molecule has 0 aliphatic carbocycles. The maximum absolute atomic E-state index is 13.0. The van der Waals surface area contributed by atoms with Crippen molar-refractivity contribution in [3.63, 3.8) is 0 Å². The number of hydrogen-bond donors (Lipinski definition) is 0. The van der Waals surface area contributed by atoms with Crippen molar-refractivity contribution in [1.82, 2.24) is 0 Å². The van der Waals surface area contributed by atoms with E-state index in [1.54, 1.807) is 6.92 Å². The van der Waals surface area contributed by atoms with Crippen LogP contribution in [0.15, 0.2) is 0 Å². The summed E-state index contributed by atoms with van der Waals surface area (Å²) in [6.45, 7) is 2.44. The zero-order valence-electron chi connectivity index (χ0n) is 9.31. The fourth-order valence-corrected chi connectivity index (χ4v) is 1.79.